The number of nitrogens with one attached hydrogen (secondary N) is 1. The molecule has 110 valence electrons. The van der Waals surface area contributed by atoms with Gasteiger partial charge in [0.1, 0.15) is 16.7 Å². The molecule has 2 aromatic rings. The van der Waals surface area contributed by atoms with Gasteiger partial charge in [-0.25, -0.2) is 9.37 Å². The molecule has 0 saturated heterocycles. The fourth-order valence-electron chi connectivity index (χ4n) is 1.91. The molecule has 21 heavy (non-hydrogen) atoms. The summed E-state index contributed by atoms with van der Waals surface area (Å²) in [6, 6.07) is 7.62. The van der Waals surface area contributed by atoms with Crippen LogP contribution in [0.3, 0.4) is 0 Å². The Bertz CT molecular complexity index is 677. The first-order valence-electron chi connectivity index (χ1n) is 6.32. The number of amides is 1. The lowest BCUT2D eigenvalue weighted by atomic mass is 10.1. The molecule has 1 aromatic heterocycles. The van der Waals surface area contributed by atoms with Crippen LogP contribution >= 0.6 is 23.2 Å². The van der Waals surface area contributed by atoms with Crippen LogP contribution in [0.4, 0.5) is 4.39 Å². The number of carbonyl (C=O) groups is 1. The van der Waals surface area contributed by atoms with Crippen molar-refractivity contribution in [3.8, 4) is 0 Å². The summed E-state index contributed by atoms with van der Waals surface area (Å²) in [4.78, 5) is 15.9. The van der Waals surface area contributed by atoms with Crippen LogP contribution in [0.15, 0.2) is 30.3 Å². The van der Waals surface area contributed by atoms with Gasteiger partial charge in [0.2, 0.25) is 0 Å². The molecule has 0 aliphatic heterocycles. The van der Waals surface area contributed by atoms with E-state index in [9.17, 15) is 9.18 Å². The van der Waals surface area contributed by atoms with Crippen molar-refractivity contribution in [1.82, 2.24) is 10.3 Å². The van der Waals surface area contributed by atoms with Crippen molar-refractivity contribution < 1.29 is 9.18 Å². The van der Waals surface area contributed by atoms with Crippen molar-refractivity contribution in [3.63, 3.8) is 0 Å². The van der Waals surface area contributed by atoms with Crippen molar-refractivity contribution >= 4 is 29.1 Å². The minimum absolute atomic E-state index is 0.0972. The molecule has 0 fully saturated rings. The van der Waals surface area contributed by atoms with Gasteiger partial charge >= 0.3 is 0 Å². The summed E-state index contributed by atoms with van der Waals surface area (Å²) in [5, 5.41) is 3.17. The molecule has 1 aromatic carbocycles. The Morgan fingerprint density at radius 3 is 2.76 bits per heavy atom. The first-order chi connectivity index (χ1) is 9.97. The monoisotopic (exact) mass is 326 g/mol. The fraction of sp³-hybridized carbons (Fsp3) is 0.200. The molecule has 1 heterocycles. The van der Waals surface area contributed by atoms with Gasteiger partial charge in [-0.1, -0.05) is 29.3 Å². The molecule has 0 saturated carbocycles. The predicted molar refractivity (Wildman–Crippen MR) is 81.4 cm³/mol. The van der Waals surface area contributed by atoms with Gasteiger partial charge < -0.3 is 5.32 Å². The number of halogens is 3. The number of hydrogen-bond donors (Lipinski definition) is 1. The molecule has 2 rings (SSSR count). The summed E-state index contributed by atoms with van der Waals surface area (Å²) in [6.07, 6.45) is 0.593. The van der Waals surface area contributed by atoms with E-state index in [1.54, 1.807) is 6.07 Å². The van der Waals surface area contributed by atoms with E-state index < -0.39 is 0 Å². The zero-order valence-electron chi connectivity index (χ0n) is 11.3. The summed E-state index contributed by atoms with van der Waals surface area (Å²) in [5.74, 6) is -0.655. The third kappa shape index (κ3) is 4.16. The standard InChI is InChI=1S/C15H13Cl2FN2O/c1-9-8-11(18)3-2-10(9)6-7-19-15(21)14-12(16)4-5-13(17)20-14/h2-5,8H,6-7H2,1H3,(H,19,21). The minimum atomic E-state index is -0.387. The number of carbonyl (C=O) groups excluding carboxylic acids is 1. The Morgan fingerprint density at radius 2 is 2.05 bits per heavy atom. The largest absolute Gasteiger partial charge is 0.350 e. The molecule has 6 heteroatoms. The molecule has 0 bridgehead atoms. The van der Waals surface area contributed by atoms with Gasteiger partial charge in [0.15, 0.2) is 0 Å². The van der Waals surface area contributed by atoms with E-state index in [0.29, 0.717) is 13.0 Å². The third-order valence-electron chi connectivity index (χ3n) is 3.01. The third-order valence-corrected chi connectivity index (χ3v) is 3.53. The summed E-state index contributed by atoms with van der Waals surface area (Å²) >= 11 is 11.6. The average molecular weight is 327 g/mol. The Morgan fingerprint density at radius 1 is 1.29 bits per heavy atom. The topological polar surface area (TPSA) is 42.0 Å². The van der Waals surface area contributed by atoms with Crippen LogP contribution in [0, 0.1) is 12.7 Å². The second kappa shape index (κ2) is 6.87. The zero-order valence-corrected chi connectivity index (χ0v) is 12.8. The molecular weight excluding hydrogens is 314 g/mol. The van der Waals surface area contributed by atoms with E-state index in [4.69, 9.17) is 23.2 Å². The molecule has 0 spiro atoms. The molecule has 0 aliphatic rings. The molecule has 1 N–H and O–H groups in total. The van der Waals surface area contributed by atoms with Crippen molar-refractivity contribution in [2.75, 3.05) is 6.54 Å². The summed E-state index contributed by atoms with van der Waals surface area (Å²) in [5.41, 5.74) is 1.92. The smallest absolute Gasteiger partial charge is 0.271 e. The number of rotatable bonds is 4. The Kier molecular flexibility index (Phi) is 5.15. The molecule has 3 nitrogen and oxygen atoms in total. The zero-order chi connectivity index (χ0) is 15.4. The van der Waals surface area contributed by atoms with Crippen LogP contribution in [0.5, 0.6) is 0 Å². The Hall–Kier alpha value is -1.65. The highest BCUT2D eigenvalue weighted by Gasteiger charge is 2.12. The molecular formula is C15H13Cl2FN2O. The summed E-state index contributed by atoms with van der Waals surface area (Å²) in [6.45, 7) is 2.23. The van der Waals surface area contributed by atoms with E-state index in [1.165, 1.54) is 24.3 Å². The van der Waals surface area contributed by atoms with Crippen LogP contribution in [-0.4, -0.2) is 17.4 Å². The highest BCUT2D eigenvalue weighted by molar-refractivity contribution is 6.34. The number of pyridine rings is 1. The maximum absolute atomic E-state index is 13.0. The normalized spacial score (nSPS) is 10.5. The van der Waals surface area contributed by atoms with Crippen LogP contribution in [-0.2, 0) is 6.42 Å². The second-order valence-corrected chi connectivity index (χ2v) is 5.34. The van der Waals surface area contributed by atoms with Crippen molar-refractivity contribution in [3.05, 3.63) is 63.1 Å². The van der Waals surface area contributed by atoms with Crippen LogP contribution in [0.25, 0.3) is 0 Å². The number of nitrogens with zero attached hydrogens (tertiary/aromatic N) is 1. The minimum Gasteiger partial charge on any atom is -0.350 e. The van der Waals surface area contributed by atoms with E-state index in [0.717, 1.165) is 11.1 Å². The van der Waals surface area contributed by atoms with E-state index in [2.05, 4.69) is 10.3 Å². The predicted octanol–water partition coefficient (Wildman–Crippen LogP) is 3.81. The van der Waals surface area contributed by atoms with Crippen LogP contribution < -0.4 is 5.32 Å². The van der Waals surface area contributed by atoms with Gasteiger partial charge in [-0.05, 0) is 48.7 Å². The van der Waals surface area contributed by atoms with E-state index in [-0.39, 0.29) is 27.6 Å². The SMILES string of the molecule is Cc1cc(F)ccc1CCNC(=O)c1nc(Cl)ccc1Cl. The number of benzene rings is 1. The maximum Gasteiger partial charge on any atom is 0.271 e. The number of aromatic nitrogens is 1. The average Bonchev–Trinajstić information content (AvgIpc) is 2.43. The maximum atomic E-state index is 13.0. The number of hydrogen-bond acceptors (Lipinski definition) is 2. The molecule has 0 atom stereocenters. The molecule has 1 amide bonds. The van der Waals surface area contributed by atoms with Gasteiger partial charge in [-0.2, -0.15) is 0 Å². The van der Waals surface area contributed by atoms with Gasteiger partial charge in [-0.15, -0.1) is 0 Å². The highest BCUT2D eigenvalue weighted by atomic mass is 35.5. The Balaban J connectivity index is 1.97. The Labute approximate surface area is 132 Å². The van der Waals surface area contributed by atoms with Gasteiger partial charge in [0.25, 0.3) is 5.91 Å². The van der Waals surface area contributed by atoms with Gasteiger partial charge in [-0.3, -0.25) is 4.79 Å². The van der Waals surface area contributed by atoms with Crippen molar-refractivity contribution in [2.45, 2.75) is 13.3 Å². The lowest BCUT2D eigenvalue weighted by molar-refractivity contribution is 0.0949. The molecule has 0 radical (unpaired) electrons. The lowest BCUT2D eigenvalue weighted by Gasteiger charge is -2.08. The van der Waals surface area contributed by atoms with Crippen molar-refractivity contribution in [1.29, 1.82) is 0 Å². The number of aryl methyl sites for hydroxylation is 1. The lowest BCUT2D eigenvalue weighted by Crippen LogP contribution is -2.27. The van der Waals surface area contributed by atoms with E-state index in [1.807, 2.05) is 6.92 Å². The molecule has 0 unspecified atom stereocenters. The van der Waals surface area contributed by atoms with Gasteiger partial charge in [0, 0.05) is 6.54 Å². The van der Waals surface area contributed by atoms with Crippen LogP contribution in [0.2, 0.25) is 10.2 Å². The molecule has 0 aliphatic carbocycles. The highest BCUT2D eigenvalue weighted by Crippen LogP contribution is 2.16. The second-order valence-electron chi connectivity index (χ2n) is 4.54. The summed E-state index contributed by atoms with van der Waals surface area (Å²) < 4.78 is 13.0. The first kappa shape index (κ1) is 15.7. The fourth-order valence-corrected chi connectivity index (χ4v) is 2.25. The van der Waals surface area contributed by atoms with Gasteiger partial charge in [0.05, 0.1) is 5.02 Å². The van der Waals surface area contributed by atoms with E-state index >= 15 is 0 Å². The summed E-state index contributed by atoms with van der Waals surface area (Å²) in [7, 11) is 0. The first-order valence-corrected chi connectivity index (χ1v) is 7.08. The van der Waals surface area contributed by atoms with Crippen molar-refractivity contribution in [2.24, 2.45) is 0 Å². The van der Waals surface area contributed by atoms with Crippen LogP contribution in [0.1, 0.15) is 21.6 Å². The quantitative estimate of drug-likeness (QED) is 0.868.